The average Bonchev–Trinajstić information content (AvgIpc) is 1.85. The summed E-state index contributed by atoms with van der Waals surface area (Å²) >= 11 is 0. The molecule has 4 N–H and O–H groups in total. The summed E-state index contributed by atoms with van der Waals surface area (Å²) in [4.78, 5) is 9.88. The van der Waals surface area contributed by atoms with Crippen LogP contribution in [0, 0.1) is 12.8 Å². The van der Waals surface area contributed by atoms with Crippen molar-refractivity contribution >= 4 is 5.97 Å². The third kappa shape index (κ3) is 5.53. The molecule has 58 valence electrons. The highest BCUT2D eigenvalue weighted by Crippen LogP contribution is 1.97. The summed E-state index contributed by atoms with van der Waals surface area (Å²) in [5, 5.41) is 17.0. The van der Waals surface area contributed by atoms with Gasteiger partial charge in [0.15, 0.2) is 0 Å². The first-order valence-electron chi connectivity index (χ1n) is 2.96. The van der Waals surface area contributed by atoms with Crippen LogP contribution in [0.15, 0.2) is 0 Å². The van der Waals surface area contributed by atoms with Crippen LogP contribution >= 0.6 is 0 Å². The number of carboxylic acids is 1. The Bertz CT molecular complexity index is 105. The van der Waals surface area contributed by atoms with Crippen LogP contribution in [0.25, 0.3) is 0 Å². The molecule has 0 bridgehead atoms. The van der Waals surface area contributed by atoms with Crippen molar-refractivity contribution in [1.29, 1.82) is 0 Å². The minimum absolute atomic E-state index is 0.352. The molecular weight excluding hydrogens is 134 g/mol. The number of aliphatic hydroxyl groups excluding tert-OH is 1. The van der Waals surface area contributed by atoms with Gasteiger partial charge in [-0.1, -0.05) is 0 Å². The van der Waals surface area contributed by atoms with Crippen LogP contribution in [0.1, 0.15) is 6.42 Å². The van der Waals surface area contributed by atoms with Crippen LogP contribution in [-0.2, 0) is 4.79 Å². The molecule has 0 aliphatic heterocycles. The van der Waals surface area contributed by atoms with Crippen LogP contribution in [0.3, 0.4) is 0 Å². The zero-order valence-corrected chi connectivity index (χ0v) is 5.53. The van der Waals surface area contributed by atoms with Crippen molar-refractivity contribution in [2.45, 2.75) is 12.5 Å². The van der Waals surface area contributed by atoms with Gasteiger partial charge in [-0.3, -0.25) is 4.79 Å². The molecule has 0 rings (SSSR count). The first-order valence-corrected chi connectivity index (χ1v) is 2.96. The fourth-order valence-electron chi connectivity index (χ4n) is 0.460. The molecule has 0 aromatic carbocycles. The molecule has 4 heteroatoms. The lowest BCUT2D eigenvalue weighted by molar-refractivity contribution is -0.132. The maximum Gasteiger partial charge on any atom is 0.307 e. The van der Waals surface area contributed by atoms with Crippen LogP contribution < -0.4 is 5.73 Å². The number of carbonyl (C=O) groups is 1. The monoisotopic (exact) mass is 145 g/mol. The van der Waals surface area contributed by atoms with Gasteiger partial charge >= 0.3 is 5.97 Å². The van der Waals surface area contributed by atoms with Gasteiger partial charge in [-0.15, -0.1) is 0 Å². The minimum Gasteiger partial charge on any atom is -0.481 e. The van der Waals surface area contributed by atoms with Crippen molar-refractivity contribution in [3.05, 3.63) is 12.8 Å². The quantitative estimate of drug-likeness (QED) is 0.472. The second-order valence-corrected chi connectivity index (χ2v) is 1.84. The van der Waals surface area contributed by atoms with E-state index in [0.717, 1.165) is 6.42 Å². The highest BCUT2D eigenvalue weighted by molar-refractivity contribution is 5.78. The van der Waals surface area contributed by atoms with Crippen molar-refractivity contribution in [2.75, 3.05) is 6.54 Å². The minimum atomic E-state index is -1.06. The van der Waals surface area contributed by atoms with E-state index >= 15 is 0 Å². The predicted molar refractivity (Wildman–Crippen MR) is 35.9 cm³/mol. The van der Waals surface area contributed by atoms with E-state index in [1.165, 1.54) is 6.42 Å². The highest BCUT2D eigenvalue weighted by Gasteiger charge is 2.05. The molecule has 0 amide bonds. The number of rotatable bonds is 5. The lowest BCUT2D eigenvalue weighted by Gasteiger charge is -2.04. The largest absolute Gasteiger partial charge is 0.481 e. The normalized spacial score (nSPS) is 13.0. The van der Waals surface area contributed by atoms with Gasteiger partial charge in [0, 0.05) is 6.42 Å². The van der Waals surface area contributed by atoms with Crippen molar-refractivity contribution < 1.29 is 15.0 Å². The Morgan fingerprint density at radius 2 is 2.30 bits per heavy atom. The number of hydrogen-bond donors (Lipinski definition) is 3. The first-order chi connectivity index (χ1) is 4.66. The standard InChI is InChI=1S/C6H11NO3/c7-4-3-5(8)1-2-6(9)10/h1-2,5,8H,3-4,7H2,(H,9,10). The first kappa shape index (κ1) is 9.39. The number of hydrogen-bond acceptors (Lipinski definition) is 3. The molecule has 2 radical (unpaired) electrons. The Hall–Kier alpha value is -0.610. The van der Waals surface area contributed by atoms with Crippen molar-refractivity contribution in [3.63, 3.8) is 0 Å². The molecule has 1 unspecified atom stereocenters. The molecule has 0 aliphatic rings. The van der Waals surface area contributed by atoms with Gasteiger partial charge in [0.05, 0.1) is 12.5 Å². The second kappa shape index (κ2) is 5.20. The number of aliphatic carboxylic acids is 1. The Morgan fingerprint density at radius 1 is 1.70 bits per heavy atom. The molecule has 4 nitrogen and oxygen atoms in total. The van der Waals surface area contributed by atoms with Crippen LogP contribution in [0.4, 0.5) is 0 Å². The van der Waals surface area contributed by atoms with Gasteiger partial charge in [-0.25, -0.2) is 0 Å². The van der Waals surface area contributed by atoms with E-state index in [1.54, 1.807) is 0 Å². The SMILES string of the molecule is NCCC(O)[CH][CH]C(=O)O. The third-order valence-corrected chi connectivity index (χ3v) is 0.923. The van der Waals surface area contributed by atoms with E-state index in [2.05, 4.69) is 0 Å². The Labute approximate surface area is 59.7 Å². The summed E-state index contributed by atoms with van der Waals surface area (Å²) in [5.41, 5.74) is 5.09. The van der Waals surface area contributed by atoms with E-state index < -0.39 is 12.1 Å². The van der Waals surface area contributed by atoms with Crippen LogP contribution in [0.5, 0.6) is 0 Å². The van der Waals surface area contributed by atoms with Crippen molar-refractivity contribution in [2.24, 2.45) is 5.73 Å². The zero-order valence-electron chi connectivity index (χ0n) is 5.53. The van der Waals surface area contributed by atoms with E-state index in [-0.39, 0.29) is 0 Å². The summed E-state index contributed by atoms with van der Waals surface area (Å²) in [6, 6.07) is 0. The van der Waals surface area contributed by atoms with Gasteiger partial charge in [-0.2, -0.15) is 0 Å². The van der Waals surface area contributed by atoms with Crippen molar-refractivity contribution in [1.82, 2.24) is 0 Å². The molecule has 0 aromatic rings. The maximum absolute atomic E-state index is 9.88. The van der Waals surface area contributed by atoms with Gasteiger partial charge in [0.25, 0.3) is 0 Å². The van der Waals surface area contributed by atoms with Gasteiger partial charge in [0.2, 0.25) is 0 Å². The summed E-state index contributed by atoms with van der Waals surface area (Å²) < 4.78 is 0. The lowest BCUT2D eigenvalue weighted by atomic mass is 10.1. The highest BCUT2D eigenvalue weighted by atomic mass is 16.4. The smallest absolute Gasteiger partial charge is 0.307 e. The zero-order chi connectivity index (χ0) is 7.98. The van der Waals surface area contributed by atoms with Gasteiger partial charge in [0.1, 0.15) is 0 Å². The van der Waals surface area contributed by atoms with Crippen LogP contribution in [-0.4, -0.2) is 28.8 Å². The number of aliphatic hydroxyl groups is 1. The molecule has 0 aliphatic carbocycles. The Morgan fingerprint density at radius 3 is 2.70 bits per heavy atom. The predicted octanol–water partition coefficient (Wildman–Crippen LogP) is -0.811. The molecule has 0 spiro atoms. The van der Waals surface area contributed by atoms with Gasteiger partial charge < -0.3 is 15.9 Å². The molecule has 1 atom stereocenters. The van der Waals surface area contributed by atoms with E-state index in [0.29, 0.717) is 13.0 Å². The maximum atomic E-state index is 9.88. The van der Waals surface area contributed by atoms with E-state index in [9.17, 15) is 4.79 Å². The Kier molecular flexibility index (Phi) is 4.88. The number of carboxylic acid groups (broad SMARTS) is 1. The van der Waals surface area contributed by atoms with E-state index in [4.69, 9.17) is 15.9 Å². The molecule has 0 saturated carbocycles. The summed E-state index contributed by atoms with van der Waals surface area (Å²) in [5.74, 6) is -1.06. The molecule has 0 heterocycles. The van der Waals surface area contributed by atoms with Crippen molar-refractivity contribution in [3.8, 4) is 0 Å². The Balaban J connectivity index is 3.21. The topological polar surface area (TPSA) is 83.5 Å². The molecule has 0 fully saturated rings. The summed E-state index contributed by atoms with van der Waals surface area (Å²) in [6.45, 7) is 0.352. The van der Waals surface area contributed by atoms with Crippen LogP contribution in [0.2, 0.25) is 0 Å². The lowest BCUT2D eigenvalue weighted by Crippen LogP contribution is -2.15. The number of nitrogens with two attached hydrogens (primary N) is 1. The van der Waals surface area contributed by atoms with E-state index in [1.807, 2.05) is 0 Å². The van der Waals surface area contributed by atoms with Gasteiger partial charge in [-0.05, 0) is 13.0 Å². The average molecular weight is 145 g/mol. The summed E-state index contributed by atoms with van der Waals surface area (Å²) in [7, 11) is 0. The molecule has 10 heavy (non-hydrogen) atoms. The molecular formula is C6H11NO3. The molecule has 0 saturated heterocycles. The summed E-state index contributed by atoms with van der Waals surface area (Å²) in [6.07, 6.45) is 1.76. The third-order valence-electron chi connectivity index (χ3n) is 0.923. The molecule has 0 aromatic heterocycles. The second-order valence-electron chi connectivity index (χ2n) is 1.84. The fraction of sp³-hybridized carbons (Fsp3) is 0.500. The fourth-order valence-corrected chi connectivity index (χ4v) is 0.460.